The number of hydrogen-bond donors (Lipinski definition) is 3. The van der Waals surface area contributed by atoms with Crippen LogP contribution < -0.4 is 15.4 Å². The number of ether oxygens (including phenoxy) is 4. The van der Waals surface area contributed by atoms with Gasteiger partial charge >= 0.3 is 11.9 Å². The maximum atomic E-state index is 14.6. The molecule has 4 atom stereocenters. The van der Waals surface area contributed by atoms with E-state index in [1.807, 2.05) is 60.4 Å². The first-order valence-corrected chi connectivity index (χ1v) is 16.6. The maximum Gasteiger partial charge on any atom is 0.333 e. The van der Waals surface area contributed by atoms with Crippen LogP contribution >= 0.6 is 0 Å². The highest BCUT2D eigenvalue weighted by atomic mass is 16.6. The van der Waals surface area contributed by atoms with Crippen molar-refractivity contribution in [2.24, 2.45) is 0 Å². The van der Waals surface area contributed by atoms with Gasteiger partial charge in [0, 0.05) is 68.8 Å². The third kappa shape index (κ3) is 6.53. The number of amides is 1. The van der Waals surface area contributed by atoms with Crippen LogP contribution in [0, 0.1) is 6.92 Å². The lowest BCUT2D eigenvalue weighted by Crippen LogP contribution is -2.69. The molecule has 1 saturated heterocycles. The van der Waals surface area contributed by atoms with E-state index in [9.17, 15) is 19.5 Å². The van der Waals surface area contributed by atoms with Gasteiger partial charge in [-0.25, -0.2) is 14.6 Å². The Hall–Kier alpha value is -4.72. The van der Waals surface area contributed by atoms with E-state index in [0.29, 0.717) is 50.3 Å². The number of carbonyl (C=O) groups is 3. The molecule has 13 heteroatoms. The lowest BCUT2D eigenvalue weighted by Gasteiger charge is -2.53. The molecule has 0 radical (unpaired) electrons. The molecule has 3 aromatic rings. The first-order valence-electron chi connectivity index (χ1n) is 16.6. The second-order valence-electron chi connectivity index (χ2n) is 12.7. The van der Waals surface area contributed by atoms with Crippen molar-refractivity contribution in [2.45, 2.75) is 56.1 Å². The lowest BCUT2D eigenvalue weighted by atomic mass is 9.74. The Morgan fingerprint density at radius 1 is 1.14 bits per heavy atom. The third-order valence-electron chi connectivity index (χ3n) is 9.64. The quantitative estimate of drug-likeness (QED) is 0.272. The Labute approximate surface area is 285 Å². The van der Waals surface area contributed by atoms with Crippen LogP contribution in [0.4, 0.5) is 5.69 Å². The molecule has 2 aromatic carbocycles. The third-order valence-corrected chi connectivity index (χ3v) is 9.64. The number of benzene rings is 2. The number of nitrogens with zero attached hydrogens (tertiary/aromatic N) is 3. The van der Waals surface area contributed by atoms with Gasteiger partial charge < -0.3 is 39.6 Å². The molecule has 0 spiro atoms. The minimum Gasteiger partial charge on any atom is -0.497 e. The van der Waals surface area contributed by atoms with E-state index in [0.717, 1.165) is 29.2 Å². The van der Waals surface area contributed by atoms with E-state index >= 15 is 0 Å². The van der Waals surface area contributed by atoms with Gasteiger partial charge in [0.25, 0.3) is 11.6 Å². The number of hydrogen-bond acceptors (Lipinski definition) is 11. The number of imidazole rings is 1. The fourth-order valence-corrected chi connectivity index (χ4v) is 7.24. The fraction of sp³-hybridized carbons (Fsp3) is 0.444. The number of carbonyl (C=O) groups excluding carboxylic acids is 3. The summed E-state index contributed by atoms with van der Waals surface area (Å²) in [7, 11) is 3.06. The van der Waals surface area contributed by atoms with Crippen LogP contribution in [0.15, 0.2) is 67.0 Å². The number of esters is 2. The number of piperazine rings is 1. The number of aromatic nitrogens is 2. The van der Waals surface area contributed by atoms with Crippen molar-refractivity contribution in [2.75, 3.05) is 52.3 Å². The summed E-state index contributed by atoms with van der Waals surface area (Å²) in [4.78, 5) is 47.2. The molecule has 1 aliphatic carbocycles. The number of fused-ring (bicyclic) bond motifs is 1. The highest BCUT2D eigenvalue weighted by Gasteiger charge is 2.65. The van der Waals surface area contributed by atoms with Crippen molar-refractivity contribution in [1.82, 2.24) is 19.8 Å². The summed E-state index contributed by atoms with van der Waals surface area (Å²) in [6.45, 7) is 4.02. The molecule has 0 bridgehead atoms. The summed E-state index contributed by atoms with van der Waals surface area (Å²) in [5.74, 6) is -1.15. The van der Waals surface area contributed by atoms with Gasteiger partial charge in [0.2, 0.25) is 0 Å². The van der Waals surface area contributed by atoms with Crippen molar-refractivity contribution >= 4 is 23.5 Å². The van der Waals surface area contributed by atoms with E-state index in [2.05, 4.69) is 15.6 Å². The highest BCUT2D eigenvalue weighted by Crippen LogP contribution is 2.49. The molecular formula is C36H43N5O8. The number of methoxy groups -OCH3 is 2. The number of nitrogens with one attached hydrogen (secondary N) is 2. The van der Waals surface area contributed by atoms with Crippen molar-refractivity contribution in [3.05, 3.63) is 78.3 Å². The molecule has 2 aliphatic heterocycles. The maximum absolute atomic E-state index is 14.6. The smallest absolute Gasteiger partial charge is 0.333 e. The first kappa shape index (κ1) is 34.2. The van der Waals surface area contributed by atoms with Crippen LogP contribution in [0.1, 0.15) is 41.7 Å². The monoisotopic (exact) mass is 673 g/mol. The van der Waals surface area contributed by atoms with Gasteiger partial charge in [-0.3, -0.25) is 9.36 Å². The lowest BCUT2D eigenvalue weighted by molar-refractivity contribution is -0.293. The number of rotatable bonds is 10. The Kier molecular flexibility index (Phi) is 10.0. The second kappa shape index (κ2) is 14.4. The largest absolute Gasteiger partial charge is 0.497 e. The fourth-order valence-electron chi connectivity index (χ4n) is 7.24. The zero-order valence-electron chi connectivity index (χ0n) is 28.0. The molecule has 1 saturated carbocycles. The predicted molar refractivity (Wildman–Crippen MR) is 180 cm³/mol. The van der Waals surface area contributed by atoms with E-state index in [1.165, 1.54) is 18.0 Å². The summed E-state index contributed by atoms with van der Waals surface area (Å²) < 4.78 is 24.4. The normalized spacial score (nSPS) is 26.1. The van der Waals surface area contributed by atoms with Crippen molar-refractivity contribution < 1.29 is 38.4 Å². The summed E-state index contributed by atoms with van der Waals surface area (Å²) >= 11 is 0. The Balaban J connectivity index is 1.40. The molecule has 3 aliphatic rings. The minimum absolute atomic E-state index is 0.119. The van der Waals surface area contributed by atoms with E-state index < -0.39 is 29.4 Å². The van der Waals surface area contributed by atoms with E-state index in [4.69, 9.17) is 18.9 Å². The zero-order chi connectivity index (χ0) is 34.6. The van der Waals surface area contributed by atoms with Gasteiger partial charge in [-0.15, -0.1) is 0 Å². The molecule has 1 amide bonds. The zero-order valence-corrected chi connectivity index (χ0v) is 28.0. The minimum atomic E-state index is -2.00. The van der Waals surface area contributed by atoms with Crippen LogP contribution in [0.25, 0.3) is 11.3 Å². The van der Waals surface area contributed by atoms with Crippen molar-refractivity contribution in [1.29, 1.82) is 0 Å². The van der Waals surface area contributed by atoms with Gasteiger partial charge in [0.15, 0.2) is 17.4 Å². The van der Waals surface area contributed by atoms with Gasteiger partial charge in [-0.2, -0.15) is 0 Å². The first-order chi connectivity index (χ1) is 23.7. The standard InChI is InChI=1S/C36H43N5O8/c1-24-11-12-27(47-3)20-28(24)38-17-15-26-21-37-18-19-40(26)34(44)32-33(25-8-5-4-6-9-25)41(23-39-32)36-29(10-7-16-35(36,45)22-46-2)48-30(42)13-14-31(43)49-36/h4-6,8-9,11-14,20,23,26,29,37-38,45H,7,10,15-19,21-22H2,1-3H3/b14-13+/t26-,29?,35+,36-/m1/s1. The summed E-state index contributed by atoms with van der Waals surface area (Å²) in [6.07, 6.45) is 3.83. The predicted octanol–water partition coefficient (Wildman–Crippen LogP) is 3.02. The summed E-state index contributed by atoms with van der Waals surface area (Å²) in [5.41, 5.74) is -0.771. The molecule has 3 heterocycles. The average Bonchev–Trinajstić information content (AvgIpc) is 3.55. The topological polar surface area (TPSA) is 153 Å². The number of aryl methyl sites for hydroxylation is 1. The van der Waals surface area contributed by atoms with Crippen molar-refractivity contribution in [3.8, 4) is 17.0 Å². The number of anilines is 1. The van der Waals surface area contributed by atoms with E-state index in [1.54, 1.807) is 7.11 Å². The highest BCUT2D eigenvalue weighted by molar-refractivity contribution is 5.99. The van der Waals surface area contributed by atoms with Crippen LogP contribution in [0.2, 0.25) is 0 Å². The van der Waals surface area contributed by atoms with Gasteiger partial charge in [0.05, 0.1) is 25.7 Å². The molecule has 3 N–H and O–H groups in total. The molecular weight excluding hydrogens is 630 g/mol. The van der Waals surface area contributed by atoms with Crippen LogP contribution in [0.3, 0.4) is 0 Å². The summed E-state index contributed by atoms with van der Waals surface area (Å²) in [6, 6.07) is 14.8. The Morgan fingerprint density at radius 2 is 1.94 bits per heavy atom. The molecule has 2 fully saturated rings. The second-order valence-corrected chi connectivity index (χ2v) is 12.7. The van der Waals surface area contributed by atoms with E-state index in [-0.39, 0.29) is 37.1 Å². The van der Waals surface area contributed by atoms with Gasteiger partial charge in [-0.05, 0) is 44.2 Å². The molecule has 49 heavy (non-hydrogen) atoms. The van der Waals surface area contributed by atoms with Crippen molar-refractivity contribution in [3.63, 3.8) is 0 Å². The van der Waals surface area contributed by atoms with Crippen LogP contribution in [0.5, 0.6) is 5.75 Å². The average molecular weight is 674 g/mol. The molecule has 6 rings (SSSR count). The molecule has 1 unspecified atom stereocenters. The summed E-state index contributed by atoms with van der Waals surface area (Å²) in [5, 5.41) is 19.3. The van der Waals surface area contributed by atoms with Crippen LogP contribution in [-0.4, -0.2) is 102 Å². The SMILES string of the molecule is COC[C@@]1(O)CCCC2OC(=O)/C=C/C(=O)O[C@]21n1cnc(C(=O)N2CCNC[C@H]2CCNc2cc(OC)ccc2C)c1-c1ccccc1. The molecule has 1 aromatic heterocycles. The molecule has 13 nitrogen and oxygen atoms in total. The van der Waals surface area contributed by atoms with Crippen LogP contribution in [-0.2, 0) is 29.5 Å². The molecule has 260 valence electrons. The Bertz CT molecular complexity index is 1710. The number of aliphatic hydroxyl groups is 1. The van der Waals surface area contributed by atoms with Gasteiger partial charge in [0.1, 0.15) is 5.75 Å². The Morgan fingerprint density at radius 3 is 2.71 bits per heavy atom. The van der Waals surface area contributed by atoms with Gasteiger partial charge in [-0.1, -0.05) is 36.4 Å².